The van der Waals surface area contributed by atoms with Crippen molar-refractivity contribution in [2.75, 3.05) is 18.0 Å². The van der Waals surface area contributed by atoms with E-state index >= 15 is 0 Å². The van der Waals surface area contributed by atoms with Gasteiger partial charge < -0.3 is 4.90 Å². The molecule has 2 aliphatic rings. The molecule has 0 radical (unpaired) electrons. The van der Waals surface area contributed by atoms with Crippen LogP contribution in [0.1, 0.15) is 38.2 Å². The SMILES string of the molecule is CC(=O)N1CCCc2ccc(S(=O)(=O)NCC3CC=CCC3)cc21. The molecule has 0 aromatic heterocycles. The molecular weight excluding hydrogens is 324 g/mol. The van der Waals surface area contributed by atoms with Gasteiger partial charge in [0.05, 0.1) is 4.90 Å². The molecule has 1 aliphatic heterocycles. The van der Waals surface area contributed by atoms with Crippen LogP contribution in [0.3, 0.4) is 0 Å². The highest BCUT2D eigenvalue weighted by Crippen LogP contribution is 2.30. The van der Waals surface area contributed by atoms with Crippen molar-refractivity contribution in [2.24, 2.45) is 5.92 Å². The third kappa shape index (κ3) is 3.70. The molecular formula is C18H24N2O3S. The lowest BCUT2D eigenvalue weighted by atomic mass is 9.95. The number of anilines is 1. The number of fused-ring (bicyclic) bond motifs is 1. The fourth-order valence-corrected chi connectivity index (χ4v) is 4.54. The summed E-state index contributed by atoms with van der Waals surface area (Å²) in [6.45, 7) is 2.62. The van der Waals surface area contributed by atoms with E-state index in [4.69, 9.17) is 0 Å². The third-order valence-electron chi connectivity index (χ3n) is 4.81. The van der Waals surface area contributed by atoms with Crippen LogP contribution in [0.15, 0.2) is 35.2 Å². The van der Waals surface area contributed by atoms with Crippen molar-refractivity contribution in [3.8, 4) is 0 Å². The lowest BCUT2D eigenvalue weighted by molar-refractivity contribution is -0.116. The Labute approximate surface area is 143 Å². The number of aryl methyl sites for hydroxylation is 1. The van der Waals surface area contributed by atoms with E-state index in [2.05, 4.69) is 16.9 Å². The molecule has 3 rings (SSSR count). The van der Waals surface area contributed by atoms with Crippen LogP contribution in [0.4, 0.5) is 5.69 Å². The van der Waals surface area contributed by atoms with Gasteiger partial charge >= 0.3 is 0 Å². The molecule has 1 N–H and O–H groups in total. The van der Waals surface area contributed by atoms with Crippen LogP contribution in [0, 0.1) is 5.92 Å². The molecule has 6 heteroatoms. The lowest BCUT2D eigenvalue weighted by Crippen LogP contribution is -2.34. The first kappa shape index (κ1) is 17.2. The first-order valence-corrected chi connectivity index (χ1v) is 10.0. The van der Waals surface area contributed by atoms with Crippen molar-refractivity contribution >= 4 is 21.6 Å². The Morgan fingerprint density at radius 3 is 2.88 bits per heavy atom. The lowest BCUT2D eigenvalue weighted by Gasteiger charge is -2.29. The zero-order chi connectivity index (χ0) is 17.2. The summed E-state index contributed by atoms with van der Waals surface area (Å²) in [4.78, 5) is 13.7. The molecule has 0 fully saturated rings. The maximum atomic E-state index is 12.6. The second-order valence-electron chi connectivity index (χ2n) is 6.57. The summed E-state index contributed by atoms with van der Waals surface area (Å²) >= 11 is 0. The van der Waals surface area contributed by atoms with E-state index in [9.17, 15) is 13.2 Å². The summed E-state index contributed by atoms with van der Waals surface area (Å²) in [5.74, 6) is 0.309. The van der Waals surface area contributed by atoms with Crippen LogP contribution >= 0.6 is 0 Å². The predicted molar refractivity (Wildman–Crippen MR) is 94.5 cm³/mol. The van der Waals surface area contributed by atoms with Crippen LogP contribution in [0.2, 0.25) is 0 Å². The summed E-state index contributed by atoms with van der Waals surface area (Å²) in [6.07, 6.45) is 9.00. The van der Waals surface area contributed by atoms with E-state index in [0.717, 1.165) is 43.4 Å². The minimum atomic E-state index is -3.55. The van der Waals surface area contributed by atoms with E-state index in [1.54, 1.807) is 17.0 Å². The van der Waals surface area contributed by atoms with Gasteiger partial charge in [-0.2, -0.15) is 0 Å². The van der Waals surface area contributed by atoms with Crippen molar-refractivity contribution in [1.29, 1.82) is 0 Å². The van der Waals surface area contributed by atoms with Crippen molar-refractivity contribution in [3.63, 3.8) is 0 Å². The average molecular weight is 348 g/mol. The van der Waals surface area contributed by atoms with Gasteiger partial charge in [0.15, 0.2) is 0 Å². The molecule has 24 heavy (non-hydrogen) atoms. The van der Waals surface area contributed by atoms with Gasteiger partial charge in [0, 0.05) is 25.7 Å². The Bertz CT molecular complexity index is 756. The molecule has 1 aliphatic carbocycles. The minimum Gasteiger partial charge on any atom is -0.312 e. The highest BCUT2D eigenvalue weighted by Gasteiger charge is 2.24. The van der Waals surface area contributed by atoms with Crippen LogP contribution < -0.4 is 9.62 Å². The number of carbonyl (C=O) groups is 1. The zero-order valence-corrected chi connectivity index (χ0v) is 14.8. The number of hydrogen-bond donors (Lipinski definition) is 1. The van der Waals surface area contributed by atoms with Crippen molar-refractivity contribution in [2.45, 2.75) is 43.9 Å². The van der Waals surface area contributed by atoms with Gasteiger partial charge in [0.1, 0.15) is 0 Å². The largest absolute Gasteiger partial charge is 0.312 e. The number of hydrogen-bond acceptors (Lipinski definition) is 3. The first-order chi connectivity index (χ1) is 11.5. The Balaban J connectivity index is 1.79. The number of allylic oxidation sites excluding steroid dienone is 2. The summed E-state index contributed by atoms with van der Waals surface area (Å²) in [6, 6.07) is 5.12. The second-order valence-corrected chi connectivity index (χ2v) is 8.33. The minimum absolute atomic E-state index is 0.0487. The Morgan fingerprint density at radius 1 is 1.33 bits per heavy atom. The van der Waals surface area contributed by atoms with Crippen LogP contribution in [0.25, 0.3) is 0 Å². The fraction of sp³-hybridized carbons (Fsp3) is 0.500. The second kappa shape index (κ2) is 7.07. The molecule has 130 valence electrons. The van der Waals surface area contributed by atoms with Gasteiger partial charge in [-0.15, -0.1) is 0 Å². The van der Waals surface area contributed by atoms with Gasteiger partial charge in [-0.3, -0.25) is 4.79 Å². The molecule has 1 aromatic rings. The van der Waals surface area contributed by atoms with Crippen molar-refractivity contribution in [3.05, 3.63) is 35.9 Å². The molecule has 1 aromatic carbocycles. The number of rotatable bonds is 4. The van der Waals surface area contributed by atoms with Crippen molar-refractivity contribution in [1.82, 2.24) is 4.72 Å². The molecule has 0 saturated carbocycles. The van der Waals surface area contributed by atoms with E-state index in [-0.39, 0.29) is 10.8 Å². The van der Waals surface area contributed by atoms with E-state index in [0.29, 0.717) is 19.0 Å². The summed E-state index contributed by atoms with van der Waals surface area (Å²) < 4.78 is 27.9. The van der Waals surface area contributed by atoms with Crippen LogP contribution in [-0.2, 0) is 21.2 Å². The van der Waals surface area contributed by atoms with E-state index < -0.39 is 10.0 Å². The van der Waals surface area contributed by atoms with Crippen LogP contribution in [0.5, 0.6) is 0 Å². The smallest absolute Gasteiger partial charge is 0.240 e. The number of sulfonamides is 1. The van der Waals surface area contributed by atoms with Crippen molar-refractivity contribution < 1.29 is 13.2 Å². The highest BCUT2D eigenvalue weighted by molar-refractivity contribution is 7.89. The molecule has 0 bridgehead atoms. The number of amides is 1. The molecule has 5 nitrogen and oxygen atoms in total. The monoisotopic (exact) mass is 348 g/mol. The third-order valence-corrected chi connectivity index (χ3v) is 6.23. The zero-order valence-electron chi connectivity index (χ0n) is 14.0. The maximum absolute atomic E-state index is 12.6. The first-order valence-electron chi connectivity index (χ1n) is 8.53. The number of nitrogens with zero attached hydrogens (tertiary/aromatic N) is 1. The van der Waals surface area contributed by atoms with E-state index in [1.807, 2.05) is 6.07 Å². The van der Waals surface area contributed by atoms with Gasteiger partial charge in [0.25, 0.3) is 0 Å². The fourth-order valence-electron chi connectivity index (χ4n) is 3.40. The quantitative estimate of drug-likeness (QED) is 0.851. The number of carbonyl (C=O) groups excluding carboxylic acids is 1. The molecule has 1 unspecified atom stereocenters. The van der Waals surface area contributed by atoms with Gasteiger partial charge in [-0.1, -0.05) is 18.2 Å². The standard InChI is InChI=1S/C18H24N2O3S/c1-14(21)20-11-5-8-16-9-10-17(12-18(16)20)24(22,23)19-13-15-6-3-2-4-7-15/h2-3,9-10,12,15,19H,4-8,11,13H2,1H3. The topological polar surface area (TPSA) is 66.5 Å². The van der Waals surface area contributed by atoms with Crippen LogP contribution in [-0.4, -0.2) is 27.4 Å². The Morgan fingerprint density at radius 2 is 2.17 bits per heavy atom. The predicted octanol–water partition coefficient (Wildman–Crippen LogP) is 2.62. The Kier molecular flexibility index (Phi) is 5.06. The number of benzene rings is 1. The van der Waals surface area contributed by atoms with Gasteiger partial charge in [-0.25, -0.2) is 13.1 Å². The summed E-state index contributed by atoms with van der Waals surface area (Å²) in [5, 5.41) is 0. The average Bonchev–Trinajstić information content (AvgIpc) is 2.60. The molecule has 1 atom stereocenters. The molecule has 0 spiro atoms. The molecule has 1 amide bonds. The van der Waals surface area contributed by atoms with Gasteiger partial charge in [0.2, 0.25) is 15.9 Å². The van der Waals surface area contributed by atoms with E-state index in [1.165, 1.54) is 6.92 Å². The normalized spacial score (nSPS) is 20.7. The Hall–Kier alpha value is -1.66. The number of nitrogens with one attached hydrogen (secondary N) is 1. The summed E-state index contributed by atoms with van der Waals surface area (Å²) in [7, 11) is -3.55. The summed E-state index contributed by atoms with van der Waals surface area (Å²) in [5.41, 5.74) is 1.77. The molecule has 1 heterocycles. The van der Waals surface area contributed by atoms with Gasteiger partial charge in [-0.05, 0) is 55.7 Å². The highest BCUT2D eigenvalue weighted by atomic mass is 32.2. The molecule has 0 saturated heterocycles. The maximum Gasteiger partial charge on any atom is 0.240 e.